The average molecular weight is 230 g/mol. The predicted octanol–water partition coefficient (Wildman–Crippen LogP) is 3.16. The van der Waals surface area contributed by atoms with E-state index in [2.05, 4.69) is 0 Å². The fourth-order valence-electron chi connectivity index (χ4n) is 2.24. The number of aliphatic hydroxyl groups excluding tert-OH is 1. The average Bonchev–Trinajstić information content (AvgIpc) is 2.26. The van der Waals surface area contributed by atoms with Gasteiger partial charge in [-0.05, 0) is 42.4 Å². The van der Waals surface area contributed by atoms with Crippen LogP contribution in [0.2, 0.25) is 0 Å². The molecule has 16 heavy (non-hydrogen) atoms. The first-order valence-corrected chi connectivity index (χ1v) is 5.35. The molecule has 0 radical (unpaired) electrons. The third-order valence-corrected chi connectivity index (χ3v) is 3.04. The van der Waals surface area contributed by atoms with Crippen LogP contribution in [-0.4, -0.2) is 11.3 Å². The zero-order valence-electron chi connectivity index (χ0n) is 8.72. The van der Waals surface area contributed by atoms with E-state index in [0.29, 0.717) is 12.0 Å². The molecule has 0 spiro atoms. The summed E-state index contributed by atoms with van der Waals surface area (Å²) >= 11 is 0. The Labute approximate surface area is 91.9 Å². The van der Waals surface area contributed by atoms with Gasteiger partial charge < -0.3 is 5.11 Å². The quantitative estimate of drug-likeness (QED) is 0.785. The maximum Gasteiger partial charge on any atom is 0.418 e. The molecule has 4 heteroatoms. The molecular formula is C12H13F3O. The largest absolute Gasteiger partial charge is 0.418 e. The monoisotopic (exact) mass is 230 g/mol. The van der Waals surface area contributed by atoms with Crippen molar-refractivity contribution in [3.8, 4) is 0 Å². The lowest BCUT2D eigenvalue weighted by Gasteiger charge is -2.23. The van der Waals surface area contributed by atoms with Gasteiger partial charge in [0, 0.05) is 0 Å². The van der Waals surface area contributed by atoms with Crippen LogP contribution >= 0.6 is 0 Å². The minimum Gasteiger partial charge on any atom is -0.379 e. The summed E-state index contributed by atoms with van der Waals surface area (Å²) in [6.07, 6.45) is -3.56. The molecule has 0 heterocycles. The molecule has 0 saturated heterocycles. The van der Waals surface area contributed by atoms with Gasteiger partial charge in [0.25, 0.3) is 0 Å². The molecule has 1 nitrogen and oxygen atoms in total. The summed E-state index contributed by atoms with van der Waals surface area (Å²) in [7, 11) is 0. The van der Waals surface area contributed by atoms with Crippen molar-refractivity contribution in [1.29, 1.82) is 0 Å². The molecule has 88 valence electrons. The number of hydrogen-bond acceptors (Lipinski definition) is 1. The number of benzene rings is 1. The summed E-state index contributed by atoms with van der Waals surface area (Å²) < 4.78 is 37.4. The van der Waals surface area contributed by atoms with Gasteiger partial charge in [-0.1, -0.05) is 18.2 Å². The maximum atomic E-state index is 12.5. The predicted molar refractivity (Wildman–Crippen MR) is 54.1 cm³/mol. The van der Waals surface area contributed by atoms with Crippen molar-refractivity contribution in [3.63, 3.8) is 0 Å². The molecule has 0 saturated carbocycles. The summed E-state index contributed by atoms with van der Waals surface area (Å²) in [5.41, 5.74) is 1.68. The van der Waals surface area contributed by atoms with Crippen molar-refractivity contribution in [3.05, 3.63) is 34.9 Å². The van der Waals surface area contributed by atoms with Gasteiger partial charge >= 0.3 is 6.18 Å². The lowest BCUT2D eigenvalue weighted by atomic mass is 9.86. The molecule has 1 atom stereocenters. The highest BCUT2D eigenvalue weighted by molar-refractivity contribution is 5.38. The van der Waals surface area contributed by atoms with E-state index in [1.807, 2.05) is 6.07 Å². The fourth-order valence-corrected chi connectivity index (χ4v) is 2.24. The van der Waals surface area contributed by atoms with E-state index < -0.39 is 12.3 Å². The van der Waals surface area contributed by atoms with E-state index in [-0.39, 0.29) is 5.56 Å². The van der Waals surface area contributed by atoms with E-state index in [0.717, 1.165) is 24.8 Å². The highest BCUT2D eigenvalue weighted by Gasteiger charge is 2.40. The molecule has 1 N–H and O–H groups in total. The van der Waals surface area contributed by atoms with Crippen LogP contribution < -0.4 is 0 Å². The molecule has 0 aliphatic heterocycles. The van der Waals surface area contributed by atoms with E-state index in [1.54, 1.807) is 6.07 Å². The molecule has 2 rings (SSSR count). The normalized spacial score (nSPS) is 18.0. The van der Waals surface area contributed by atoms with Crippen molar-refractivity contribution in [2.75, 3.05) is 0 Å². The second-order valence-electron chi connectivity index (χ2n) is 4.14. The van der Waals surface area contributed by atoms with Gasteiger partial charge in [-0.3, -0.25) is 0 Å². The first-order chi connectivity index (χ1) is 7.50. The smallest absolute Gasteiger partial charge is 0.379 e. The van der Waals surface area contributed by atoms with Crippen LogP contribution in [0.5, 0.6) is 0 Å². The minimum atomic E-state index is -4.58. The summed E-state index contributed by atoms with van der Waals surface area (Å²) in [5, 5.41) is 9.29. The molecule has 1 aromatic carbocycles. The Morgan fingerprint density at radius 3 is 2.50 bits per heavy atom. The second-order valence-corrected chi connectivity index (χ2v) is 4.14. The number of aryl methyl sites for hydroxylation is 1. The molecule has 1 aliphatic carbocycles. The van der Waals surface area contributed by atoms with Gasteiger partial charge in [0.05, 0.1) is 0 Å². The topological polar surface area (TPSA) is 20.2 Å². The molecule has 1 aromatic rings. The van der Waals surface area contributed by atoms with Gasteiger partial charge in [0.15, 0.2) is 6.10 Å². The Hall–Kier alpha value is -1.03. The highest BCUT2D eigenvalue weighted by Crippen LogP contribution is 2.36. The molecule has 0 bridgehead atoms. The molecule has 0 amide bonds. The van der Waals surface area contributed by atoms with E-state index in [1.165, 1.54) is 6.07 Å². The number of fused-ring (bicyclic) bond motifs is 1. The molecular weight excluding hydrogens is 217 g/mol. The van der Waals surface area contributed by atoms with Crippen LogP contribution in [0.25, 0.3) is 0 Å². The molecule has 0 fully saturated rings. The SMILES string of the molecule is O[C@H](c1cccc2c1CCCC2)C(F)(F)F. The number of halogens is 3. The molecule has 1 aliphatic rings. The number of alkyl halides is 3. The van der Waals surface area contributed by atoms with E-state index >= 15 is 0 Å². The van der Waals surface area contributed by atoms with Gasteiger partial charge in [-0.2, -0.15) is 13.2 Å². The summed E-state index contributed by atoms with van der Waals surface area (Å²) in [6, 6.07) is 4.82. The van der Waals surface area contributed by atoms with Gasteiger partial charge in [-0.25, -0.2) is 0 Å². The van der Waals surface area contributed by atoms with Crippen LogP contribution in [-0.2, 0) is 12.8 Å². The third-order valence-electron chi connectivity index (χ3n) is 3.04. The highest BCUT2D eigenvalue weighted by atomic mass is 19.4. The lowest BCUT2D eigenvalue weighted by Crippen LogP contribution is -2.22. The van der Waals surface area contributed by atoms with Crippen molar-refractivity contribution < 1.29 is 18.3 Å². The van der Waals surface area contributed by atoms with E-state index in [9.17, 15) is 18.3 Å². The summed E-state index contributed by atoms with van der Waals surface area (Å²) in [6.45, 7) is 0. The lowest BCUT2D eigenvalue weighted by molar-refractivity contribution is -0.207. The number of aliphatic hydroxyl groups is 1. The zero-order chi connectivity index (χ0) is 11.8. The van der Waals surface area contributed by atoms with Gasteiger partial charge in [0.1, 0.15) is 0 Å². The minimum absolute atomic E-state index is 0.0321. The van der Waals surface area contributed by atoms with Crippen LogP contribution in [0.3, 0.4) is 0 Å². The van der Waals surface area contributed by atoms with Crippen molar-refractivity contribution in [2.24, 2.45) is 0 Å². The Morgan fingerprint density at radius 1 is 1.12 bits per heavy atom. The van der Waals surface area contributed by atoms with Crippen LogP contribution in [0, 0.1) is 0 Å². The standard InChI is InChI=1S/C12H13F3O/c13-12(14,15)11(16)10-7-3-5-8-4-1-2-6-9(8)10/h3,5,7,11,16H,1-2,4,6H2/t11-/m1/s1. The Kier molecular flexibility index (Phi) is 2.93. The Bertz CT molecular complexity index is 384. The first kappa shape index (κ1) is 11.5. The van der Waals surface area contributed by atoms with E-state index in [4.69, 9.17) is 0 Å². The second kappa shape index (κ2) is 4.09. The third kappa shape index (κ3) is 2.07. The number of rotatable bonds is 1. The Morgan fingerprint density at radius 2 is 1.81 bits per heavy atom. The zero-order valence-corrected chi connectivity index (χ0v) is 8.72. The van der Waals surface area contributed by atoms with Crippen LogP contribution in [0.1, 0.15) is 35.6 Å². The van der Waals surface area contributed by atoms with Crippen molar-refractivity contribution in [2.45, 2.75) is 38.0 Å². The fraction of sp³-hybridized carbons (Fsp3) is 0.500. The molecule has 0 aromatic heterocycles. The molecule has 0 unspecified atom stereocenters. The van der Waals surface area contributed by atoms with Crippen molar-refractivity contribution in [1.82, 2.24) is 0 Å². The first-order valence-electron chi connectivity index (χ1n) is 5.35. The van der Waals surface area contributed by atoms with Gasteiger partial charge in [-0.15, -0.1) is 0 Å². The van der Waals surface area contributed by atoms with Crippen LogP contribution in [0.15, 0.2) is 18.2 Å². The van der Waals surface area contributed by atoms with Crippen LogP contribution in [0.4, 0.5) is 13.2 Å². The summed E-state index contributed by atoms with van der Waals surface area (Å²) in [5.74, 6) is 0. The Balaban J connectivity index is 2.41. The maximum absolute atomic E-state index is 12.5. The summed E-state index contributed by atoms with van der Waals surface area (Å²) in [4.78, 5) is 0. The number of hydrogen-bond donors (Lipinski definition) is 1. The van der Waals surface area contributed by atoms with Crippen molar-refractivity contribution >= 4 is 0 Å². The van der Waals surface area contributed by atoms with Gasteiger partial charge in [0.2, 0.25) is 0 Å².